The topological polar surface area (TPSA) is 58.4 Å². The van der Waals surface area contributed by atoms with Crippen LogP contribution in [0, 0.1) is 0 Å². The van der Waals surface area contributed by atoms with Gasteiger partial charge in [-0.2, -0.15) is 0 Å². The van der Waals surface area contributed by atoms with Crippen molar-refractivity contribution < 1.29 is 9.32 Å². The van der Waals surface area contributed by atoms with Crippen molar-refractivity contribution in [3.8, 4) is 0 Å². The van der Waals surface area contributed by atoms with E-state index >= 15 is 0 Å². The maximum absolute atomic E-state index is 12.9. The molecule has 1 fully saturated rings. The van der Waals surface area contributed by atoms with Crippen molar-refractivity contribution in [2.75, 3.05) is 19.6 Å². The molecule has 128 valence electrons. The van der Waals surface area contributed by atoms with Crippen molar-refractivity contribution in [1.82, 2.24) is 15.4 Å². The number of benzene rings is 1. The van der Waals surface area contributed by atoms with Crippen molar-refractivity contribution in [2.24, 2.45) is 0 Å². The Kier molecular flexibility index (Phi) is 5.21. The molecule has 1 aromatic heterocycles. The SMILES string of the molecule is CCC(C)c1cc(C(=O)N2CCNCC2c2ccccc2Cl)on1. The molecule has 1 aromatic carbocycles. The highest BCUT2D eigenvalue weighted by Gasteiger charge is 2.32. The van der Waals surface area contributed by atoms with Gasteiger partial charge in [0.15, 0.2) is 0 Å². The van der Waals surface area contributed by atoms with Gasteiger partial charge in [-0.3, -0.25) is 4.79 Å². The van der Waals surface area contributed by atoms with E-state index in [0.29, 0.717) is 23.9 Å². The maximum atomic E-state index is 12.9. The van der Waals surface area contributed by atoms with Crippen LogP contribution in [0.2, 0.25) is 5.02 Å². The van der Waals surface area contributed by atoms with E-state index in [1.165, 1.54) is 0 Å². The molecule has 1 aliphatic rings. The highest BCUT2D eigenvalue weighted by atomic mass is 35.5. The van der Waals surface area contributed by atoms with Crippen LogP contribution in [0.15, 0.2) is 34.9 Å². The van der Waals surface area contributed by atoms with Gasteiger partial charge >= 0.3 is 0 Å². The number of piperazine rings is 1. The monoisotopic (exact) mass is 347 g/mol. The third-order valence-corrected chi connectivity index (χ3v) is 4.97. The quantitative estimate of drug-likeness (QED) is 0.917. The van der Waals surface area contributed by atoms with E-state index in [0.717, 1.165) is 24.2 Å². The van der Waals surface area contributed by atoms with Gasteiger partial charge in [-0.05, 0) is 18.1 Å². The highest BCUT2D eigenvalue weighted by Crippen LogP contribution is 2.30. The molecular formula is C18H22ClN3O2. The molecule has 1 N–H and O–H groups in total. The minimum Gasteiger partial charge on any atom is -0.351 e. The van der Waals surface area contributed by atoms with E-state index < -0.39 is 0 Å². The molecule has 0 saturated carbocycles. The van der Waals surface area contributed by atoms with Gasteiger partial charge in [-0.1, -0.05) is 48.8 Å². The molecule has 1 saturated heterocycles. The number of rotatable bonds is 4. The summed E-state index contributed by atoms with van der Waals surface area (Å²) in [5.41, 5.74) is 1.77. The van der Waals surface area contributed by atoms with Crippen LogP contribution in [0.1, 0.15) is 54.0 Å². The third-order valence-electron chi connectivity index (χ3n) is 4.62. The first-order valence-corrected chi connectivity index (χ1v) is 8.72. The van der Waals surface area contributed by atoms with Crippen LogP contribution < -0.4 is 5.32 Å². The summed E-state index contributed by atoms with van der Waals surface area (Å²) in [6.07, 6.45) is 0.954. The molecule has 24 heavy (non-hydrogen) atoms. The van der Waals surface area contributed by atoms with Crippen molar-refractivity contribution in [2.45, 2.75) is 32.2 Å². The molecule has 1 amide bonds. The first kappa shape index (κ1) is 17.0. The van der Waals surface area contributed by atoms with Crippen molar-refractivity contribution in [1.29, 1.82) is 0 Å². The first-order valence-electron chi connectivity index (χ1n) is 8.34. The number of carbonyl (C=O) groups is 1. The smallest absolute Gasteiger partial charge is 0.293 e. The summed E-state index contributed by atoms with van der Waals surface area (Å²) in [7, 11) is 0. The largest absolute Gasteiger partial charge is 0.351 e. The molecule has 2 unspecified atom stereocenters. The zero-order valence-corrected chi connectivity index (χ0v) is 14.7. The molecular weight excluding hydrogens is 326 g/mol. The Balaban J connectivity index is 1.86. The second-order valence-electron chi connectivity index (χ2n) is 6.17. The van der Waals surface area contributed by atoms with Gasteiger partial charge in [0, 0.05) is 36.6 Å². The summed E-state index contributed by atoms with van der Waals surface area (Å²) in [6, 6.07) is 9.30. The number of hydrogen-bond acceptors (Lipinski definition) is 4. The van der Waals surface area contributed by atoms with Crippen LogP contribution >= 0.6 is 11.6 Å². The van der Waals surface area contributed by atoms with Gasteiger partial charge in [0.1, 0.15) is 0 Å². The van der Waals surface area contributed by atoms with E-state index in [1.807, 2.05) is 29.2 Å². The Morgan fingerprint density at radius 1 is 1.50 bits per heavy atom. The van der Waals surface area contributed by atoms with Gasteiger partial charge < -0.3 is 14.7 Å². The summed E-state index contributed by atoms with van der Waals surface area (Å²) in [6.45, 7) is 6.18. The Morgan fingerprint density at radius 2 is 2.29 bits per heavy atom. The Morgan fingerprint density at radius 3 is 3.04 bits per heavy atom. The Hall–Kier alpha value is -1.85. The van der Waals surface area contributed by atoms with Crippen molar-refractivity contribution in [3.05, 3.63) is 52.4 Å². The fourth-order valence-electron chi connectivity index (χ4n) is 2.94. The molecule has 2 atom stereocenters. The fraction of sp³-hybridized carbons (Fsp3) is 0.444. The normalized spacial score (nSPS) is 19.3. The summed E-state index contributed by atoms with van der Waals surface area (Å²) in [5, 5.41) is 8.05. The average Bonchev–Trinajstić information content (AvgIpc) is 3.11. The first-order chi connectivity index (χ1) is 11.6. The molecule has 2 aromatic rings. The highest BCUT2D eigenvalue weighted by molar-refractivity contribution is 6.31. The standard InChI is InChI=1S/C18H22ClN3O2/c1-3-12(2)15-10-17(24-21-15)18(23)22-9-8-20-11-16(22)13-6-4-5-7-14(13)19/h4-7,10,12,16,20H,3,8-9,11H2,1-2H3. The lowest BCUT2D eigenvalue weighted by Crippen LogP contribution is -2.48. The summed E-state index contributed by atoms with van der Waals surface area (Å²) in [4.78, 5) is 14.8. The van der Waals surface area contributed by atoms with E-state index in [-0.39, 0.29) is 17.9 Å². The van der Waals surface area contributed by atoms with Gasteiger partial charge in [0.25, 0.3) is 5.91 Å². The summed E-state index contributed by atoms with van der Waals surface area (Å²) < 4.78 is 5.32. The lowest BCUT2D eigenvalue weighted by Gasteiger charge is -2.36. The number of aromatic nitrogens is 1. The number of nitrogens with zero attached hydrogens (tertiary/aromatic N) is 2. The van der Waals surface area contributed by atoms with Crippen LogP contribution in [0.3, 0.4) is 0 Å². The average molecular weight is 348 g/mol. The predicted octanol–water partition coefficient (Wildman–Crippen LogP) is 3.63. The second-order valence-corrected chi connectivity index (χ2v) is 6.57. The number of carbonyl (C=O) groups excluding carboxylic acids is 1. The van der Waals surface area contributed by atoms with Crippen LogP contribution in [0.5, 0.6) is 0 Å². The summed E-state index contributed by atoms with van der Waals surface area (Å²) >= 11 is 6.34. The molecule has 0 bridgehead atoms. The van der Waals surface area contributed by atoms with E-state index in [9.17, 15) is 4.79 Å². The van der Waals surface area contributed by atoms with Crippen LogP contribution in [0.4, 0.5) is 0 Å². The lowest BCUT2D eigenvalue weighted by atomic mass is 10.0. The van der Waals surface area contributed by atoms with E-state index in [2.05, 4.69) is 24.3 Å². The lowest BCUT2D eigenvalue weighted by molar-refractivity contribution is 0.0592. The van der Waals surface area contributed by atoms with Gasteiger partial charge in [-0.25, -0.2) is 0 Å². The van der Waals surface area contributed by atoms with E-state index in [1.54, 1.807) is 6.07 Å². The summed E-state index contributed by atoms with van der Waals surface area (Å²) in [5.74, 6) is 0.436. The molecule has 0 aliphatic carbocycles. The Bertz CT molecular complexity index is 716. The van der Waals surface area contributed by atoms with Gasteiger partial charge in [0.2, 0.25) is 5.76 Å². The maximum Gasteiger partial charge on any atom is 0.293 e. The zero-order chi connectivity index (χ0) is 17.1. The van der Waals surface area contributed by atoms with Crippen LogP contribution in [0.25, 0.3) is 0 Å². The zero-order valence-electron chi connectivity index (χ0n) is 14.0. The molecule has 1 aliphatic heterocycles. The number of nitrogens with one attached hydrogen (secondary N) is 1. The molecule has 0 radical (unpaired) electrons. The molecule has 3 rings (SSSR count). The minimum absolute atomic E-state index is 0.114. The van der Waals surface area contributed by atoms with Crippen molar-refractivity contribution in [3.63, 3.8) is 0 Å². The van der Waals surface area contributed by atoms with Crippen LogP contribution in [-0.2, 0) is 0 Å². The molecule has 5 nitrogen and oxygen atoms in total. The van der Waals surface area contributed by atoms with Gasteiger partial charge in [0.05, 0.1) is 11.7 Å². The van der Waals surface area contributed by atoms with Gasteiger partial charge in [-0.15, -0.1) is 0 Å². The second kappa shape index (κ2) is 7.36. The minimum atomic E-state index is -0.136. The number of halogens is 1. The number of hydrogen-bond donors (Lipinski definition) is 1. The molecule has 6 heteroatoms. The van der Waals surface area contributed by atoms with Crippen LogP contribution in [-0.4, -0.2) is 35.6 Å². The predicted molar refractivity (Wildman–Crippen MR) is 93.3 cm³/mol. The van der Waals surface area contributed by atoms with E-state index in [4.69, 9.17) is 16.1 Å². The fourth-order valence-corrected chi connectivity index (χ4v) is 3.20. The third kappa shape index (κ3) is 3.32. The Labute approximate surface area is 147 Å². The number of amides is 1. The molecule has 2 heterocycles. The molecule has 0 spiro atoms. The van der Waals surface area contributed by atoms with Crippen molar-refractivity contribution >= 4 is 17.5 Å².